The molecule has 4 heteroatoms. The molecule has 1 aliphatic rings. The molecule has 0 aromatic heterocycles. The molecule has 0 heterocycles. The van der Waals surface area contributed by atoms with E-state index in [1.165, 1.54) is 19.3 Å². The molecule has 2 atom stereocenters. The zero-order valence-electron chi connectivity index (χ0n) is 10.9. The Bertz CT molecular complexity index is 388. The van der Waals surface area contributed by atoms with Crippen molar-refractivity contribution in [1.29, 1.82) is 0 Å². The van der Waals surface area contributed by atoms with Gasteiger partial charge in [-0.05, 0) is 30.4 Å². The molecule has 0 spiro atoms. The average Bonchev–Trinajstić information content (AvgIpc) is 2.81. The van der Waals surface area contributed by atoms with E-state index in [-0.39, 0.29) is 0 Å². The number of nitrogens with two attached hydrogens (primary N) is 1. The number of benzene rings is 1. The molecule has 1 fully saturated rings. The van der Waals surface area contributed by atoms with Gasteiger partial charge < -0.3 is 5.32 Å². The van der Waals surface area contributed by atoms with Crippen molar-refractivity contribution in [3.8, 4) is 0 Å². The van der Waals surface area contributed by atoms with Crippen LogP contribution in [0.25, 0.3) is 0 Å². The summed E-state index contributed by atoms with van der Waals surface area (Å²) in [5.41, 5.74) is 3.62. The molecule has 0 radical (unpaired) electrons. The van der Waals surface area contributed by atoms with Crippen LogP contribution >= 0.6 is 0 Å². The minimum Gasteiger partial charge on any atom is -0.325 e. The van der Waals surface area contributed by atoms with Gasteiger partial charge in [0, 0.05) is 12.2 Å². The molecule has 4 N–H and O–H groups in total. The van der Waals surface area contributed by atoms with Gasteiger partial charge in [0.15, 0.2) is 0 Å². The molecule has 1 saturated carbocycles. The highest BCUT2D eigenvalue weighted by molar-refractivity contribution is 5.93. The van der Waals surface area contributed by atoms with Gasteiger partial charge in [-0.25, -0.2) is 5.84 Å². The highest BCUT2D eigenvalue weighted by atomic mass is 15.3. The van der Waals surface area contributed by atoms with Crippen LogP contribution < -0.4 is 16.6 Å². The fourth-order valence-corrected chi connectivity index (χ4v) is 2.48. The lowest BCUT2D eigenvalue weighted by atomic mass is 9.99. The number of nitrogens with zero attached hydrogens (tertiary/aromatic N) is 1. The number of hydrogen-bond acceptors (Lipinski definition) is 2. The predicted octanol–water partition coefficient (Wildman–Crippen LogP) is 2.35. The number of nitrogens with one attached hydrogen (secondary N) is 2. The highest BCUT2D eigenvalue weighted by Gasteiger charge is 2.22. The Morgan fingerprint density at radius 1 is 1.33 bits per heavy atom. The topological polar surface area (TPSA) is 62.4 Å². The first-order valence-electron chi connectivity index (χ1n) is 6.62. The molecule has 98 valence electrons. The Morgan fingerprint density at radius 2 is 2.11 bits per heavy atom. The van der Waals surface area contributed by atoms with Crippen LogP contribution in [0.4, 0.5) is 5.69 Å². The lowest BCUT2D eigenvalue weighted by Crippen LogP contribution is -2.36. The lowest BCUT2D eigenvalue weighted by molar-refractivity contribution is 0.430. The van der Waals surface area contributed by atoms with Gasteiger partial charge >= 0.3 is 0 Å². The normalized spacial score (nSPS) is 24.0. The zero-order valence-corrected chi connectivity index (χ0v) is 10.9. The van der Waals surface area contributed by atoms with Crippen LogP contribution in [0.3, 0.4) is 0 Å². The van der Waals surface area contributed by atoms with Crippen LogP contribution in [0.2, 0.25) is 0 Å². The van der Waals surface area contributed by atoms with Crippen molar-refractivity contribution in [3.63, 3.8) is 0 Å². The van der Waals surface area contributed by atoms with Gasteiger partial charge in [0.1, 0.15) is 0 Å². The van der Waals surface area contributed by atoms with E-state index >= 15 is 0 Å². The monoisotopic (exact) mass is 246 g/mol. The van der Waals surface area contributed by atoms with Gasteiger partial charge in [-0.1, -0.05) is 38.0 Å². The molecule has 1 aromatic rings. The summed E-state index contributed by atoms with van der Waals surface area (Å²) in [5, 5.41) is 3.18. The summed E-state index contributed by atoms with van der Waals surface area (Å²) in [6.45, 7) is 3.16. The summed E-state index contributed by atoms with van der Waals surface area (Å²) in [7, 11) is 0. The molecule has 0 aliphatic heterocycles. The van der Waals surface area contributed by atoms with Crippen molar-refractivity contribution in [2.75, 3.05) is 11.9 Å². The van der Waals surface area contributed by atoms with Crippen molar-refractivity contribution in [2.24, 2.45) is 22.7 Å². The van der Waals surface area contributed by atoms with Gasteiger partial charge in [0.2, 0.25) is 5.96 Å². The Hall–Kier alpha value is -1.55. The molecule has 2 rings (SSSR count). The SMILES string of the molecule is CC1CCCC1CN=C(NN)Nc1ccccc1. The Morgan fingerprint density at radius 3 is 2.72 bits per heavy atom. The minimum atomic E-state index is 0.639. The molecule has 2 unspecified atom stereocenters. The molecule has 1 aromatic carbocycles. The van der Waals surface area contributed by atoms with E-state index in [1.54, 1.807) is 0 Å². The maximum Gasteiger partial charge on any atom is 0.210 e. The van der Waals surface area contributed by atoms with Gasteiger partial charge in [-0.3, -0.25) is 10.4 Å². The maximum absolute atomic E-state index is 5.50. The second-order valence-electron chi connectivity index (χ2n) is 4.99. The van der Waals surface area contributed by atoms with Gasteiger partial charge in [-0.15, -0.1) is 0 Å². The Kier molecular flexibility index (Phi) is 4.59. The third kappa shape index (κ3) is 3.47. The fourth-order valence-electron chi connectivity index (χ4n) is 2.48. The quantitative estimate of drug-likeness (QED) is 0.332. The first-order chi connectivity index (χ1) is 8.79. The van der Waals surface area contributed by atoms with E-state index in [4.69, 9.17) is 5.84 Å². The van der Waals surface area contributed by atoms with Crippen LogP contribution in [0.1, 0.15) is 26.2 Å². The number of hydrazine groups is 1. The van der Waals surface area contributed by atoms with E-state index in [1.807, 2.05) is 30.3 Å². The van der Waals surface area contributed by atoms with Crippen LogP contribution in [-0.4, -0.2) is 12.5 Å². The second kappa shape index (κ2) is 6.40. The summed E-state index contributed by atoms with van der Waals surface area (Å²) in [4.78, 5) is 4.54. The minimum absolute atomic E-state index is 0.639. The van der Waals surface area contributed by atoms with Gasteiger partial charge in [-0.2, -0.15) is 0 Å². The van der Waals surface area contributed by atoms with Crippen molar-refractivity contribution in [2.45, 2.75) is 26.2 Å². The van der Waals surface area contributed by atoms with Gasteiger partial charge in [0.25, 0.3) is 0 Å². The smallest absolute Gasteiger partial charge is 0.210 e. The number of guanidine groups is 1. The van der Waals surface area contributed by atoms with E-state index in [9.17, 15) is 0 Å². The van der Waals surface area contributed by atoms with Crippen molar-refractivity contribution >= 4 is 11.6 Å². The fraction of sp³-hybridized carbons (Fsp3) is 0.500. The highest BCUT2D eigenvalue weighted by Crippen LogP contribution is 2.31. The number of hydrogen-bond donors (Lipinski definition) is 3. The second-order valence-corrected chi connectivity index (χ2v) is 4.99. The lowest BCUT2D eigenvalue weighted by Gasteiger charge is -2.14. The standard InChI is InChI=1S/C14H22N4/c1-11-6-5-7-12(11)10-16-14(18-15)17-13-8-3-2-4-9-13/h2-4,8-9,11-12H,5-7,10,15H2,1H3,(H2,16,17,18). The number of aliphatic imine (C=N–C) groups is 1. The molecule has 0 bridgehead atoms. The van der Waals surface area contributed by atoms with Crippen LogP contribution in [0.5, 0.6) is 0 Å². The maximum atomic E-state index is 5.50. The molecular formula is C14H22N4. The van der Waals surface area contributed by atoms with Crippen molar-refractivity contribution in [3.05, 3.63) is 30.3 Å². The molecule has 1 aliphatic carbocycles. The van der Waals surface area contributed by atoms with Crippen molar-refractivity contribution in [1.82, 2.24) is 5.43 Å². The molecule has 0 saturated heterocycles. The van der Waals surface area contributed by atoms with E-state index in [0.717, 1.165) is 18.2 Å². The summed E-state index contributed by atoms with van der Waals surface area (Å²) in [6.07, 6.45) is 3.95. The van der Waals surface area contributed by atoms with Crippen LogP contribution in [0.15, 0.2) is 35.3 Å². The molecule has 18 heavy (non-hydrogen) atoms. The predicted molar refractivity (Wildman–Crippen MR) is 76.2 cm³/mol. The molecule has 4 nitrogen and oxygen atoms in total. The Balaban J connectivity index is 1.91. The van der Waals surface area contributed by atoms with Crippen molar-refractivity contribution < 1.29 is 0 Å². The van der Waals surface area contributed by atoms with E-state index in [2.05, 4.69) is 22.7 Å². The number of rotatable bonds is 3. The third-order valence-corrected chi connectivity index (χ3v) is 3.70. The molecular weight excluding hydrogens is 224 g/mol. The first-order valence-corrected chi connectivity index (χ1v) is 6.62. The zero-order chi connectivity index (χ0) is 12.8. The third-order valence-electron chi connectivity index (χ3n) is 3.70. The van der Waals surface area contributed by atoms with Gasteiger partial charge in [0.05, 0.1) is 0 Å². The summed E-state index contributed by atoms with van der Waals surface area (Å²) >= 11 is 0. The average molecular weight is 246 g/mol. The number of anilines is 1. The summed E-state index contributed by atoms with van der Waals surface area (Å²) in [6, 6.07) is 9.93. The Labute approximate surface area is 109 Å². The molecule has 0 amide bonds. The van der Waals surface area contributed by atoms with E-state index in [0.29, 0.717) is 11.9 Å². The van der Waals surface area contributed by atoms with E-state index < -0.39 is 0 Å². The summed E-state index contributed by atoms with van der Waals surface area (Å²) in [5.74, 6) is 7.62. The van der Waals surface area contributed by atoms with Crippen LogP contribution in [-0.2, 0) is 0 Å². The largest absolute Gasteiger partial charge is 0.325 e. The first kappa shape index (κ1) is 12.9. The van der Waals surface area contributed by atoms with Crippen LogP contribution in [0, 0.1) is 11.8 Å². The summed E-state index contributed by atoms with van der Waals surface area (Å²) < 4.78 is 0. The number of para-hydroxylation sites is 1.